The van der Waals surface area contributed by atoms with E-state index >= 15 is 0 Å². The summed E-state index contributed by atoms with van der Waals surface area (Å²) in [6, 6.07) is 13.8. The van der Waals surface area contributed by atoms with Crippen molar-refractivity contribution in [3.63, 3.8) is 0 Å². The Labute approximate surface area is 174 Å². The van der Waals surface area contributed by atoms with E-state index in [4.69, 9.17) is 0 Å². The fourth-order valence-corrected chi connectivity index (χ4v) is 3.65. The number of para-hydroxylation sites is 1. The van der Waals surface area contributed by atoms with E-state index in [-0.39, 0.29) is 17.0 Å². The van der Waals surface area contributed by atoms with E-state index in [1.165, 1.54) is 6.20 Å². The van der Waals surface area contributed by atoms with Gasteiger partial charge in [0.15, 0.2) is 0 Å². The van der Waals surface area contributed by atoms with E-state index < -0.39 is 5.91 Å². The van der Waals surface area contributed by atoms with Gasteiger partial charge in [0, 0.05) is 41.6 Å². The number of rotatable bonds is 3. The van der Waals surface area contributed by atoms with Crippen LogP contribution < -0.4 is 16.1 Å². The number of H-pyrrole nitrogens is 1. The van der Waals surface area contributed by atoms with E-state index in [2.05, 4.69) is 15.6 Å². The van der Waals surface area contributed by atoms with Gasteiger partial charge in [0.05, 0.1) is 0 Å². The number of nitrogens with zero attached hydrogens (tertiary/aromatic N) is 1. The minimum absolute atomic E-state index is 0.0484. The van der Waals surface area contributed by atoms with Crippen LogP contribution in [0.1, 0.15) is 36.0 Å². The summed E-state index contributed by atoms with van der Waals surface area (Å²) in [6.07, 6.45) is 5.82. The Morgan fingerprint density at radius 2 is 1.47 bits per heavy atom. The van der Waals surface area contributed by atoms with Crippen LogP contribution in [-0.2, 0) is 0 Å². The molecule has 0 unspecified atom stereocenters. The van der Waals surface area contributed by atoms with Gasteiger partial charge >= 0.3 is 6.03 Å². The van der Waals surface area contributed by atoms with Crippen LogP contribution in [0.2, 0.25) is 0 Å². The van der Waals surface area contributed by atoms with Crippen molar-refractivity contribution in [3.8, 4) is 0 Å². The van der Waals surface area contributed by atoms with Gasteiger partial charge in [0.2, 0.25) is 5.43 Å². The predicted molar refractivity (Wildman–Crippen MR) is 118 cm³/mol. The smallest absolute Gasteiger partial charge is 0.321 e. The fraction of sp³-hybridized carbons (Fsp3) is 0.261. The molecule has 3 amide bonds. The van der Waals surface area contributed by atoms with E-state index in [1.807, 2.05) is 11.0 Å². The second-order valence-electron chi connectivity index (χ2n) is 7.44. The summed E-state index contributed by atoms with van der Waals surface area (Å²) < 4.78 is 0. The molecule has 1 aliphatic rings. The average Bonchev–Trinajstić information content (AvgIpc) is 3.05. The molecule has 30 heavy (non-hydrogen) atoms. The molecular formula is C23H24N4O3. The largest absolute Gasteiger partial charge is 0.360 e. The van der Waals surface area contributed by atoms with Gasteiger partial charge in [-0.2, -0.15) is 0 Å². The van der Waals surface area contributed by atoms with Gasteiger partial charge in [-0.25, -0.2) is 4.79 Å². The van der Waals surface area contributed by atoms with Crippen LogP contribution in [0.5, 0.6) is 0 Å². The highest BCUT2D eigenvalue weighted by Crippen LogP contribution is 2.17. The van der Waals surface area contributed by atoms with Gasteiger partial charge in [0.25, 0.3) is 5.91 Å². The first-order valence-corrected chi connectivity index (χ1v) is 10.2. The Bertz CT molecular complexity index is 1110. The van der Waals surface area contributed by atoms with Crippen molar-refractivity contribution < 1.29 is 9.59 Å². The summed E-state index contributed by atoms with van der Waals surface area (Å²) in [7, 11) is 0. The molecule has 0 radical (unpaired) electrons. The maximum Gasteiger partial charge on any atom is 0.321 e. The number of anilines is 2. The molecule has 3 N–H and O–H groups in total. The first kappa shape index (κ1) is 19.7. The van der Waals surface area contributed by atoms with Crippen LogP contribution in [0.25, 0.3) is 10.9 Å². The molecule has 1 aliphatic heterocycles. The normalized spacial score (nSPS) is 14.2. The Kier molecular flexibility index (Phi) is 5.79. The summed E-state index contributed by atoms with van der Waals surface area (Å²) in [4.78, 5) is 42.4. The summed E-state index contributed by atoms with van der Waals surface area (Å²) in [6.45, 7) is 1.56. The van der Waals surface area contributed by atoms with Crippen molar-refractivity contribution in [3.05, 3.63) is 70.5 Å². The Morgan fingerprint density at radius 3 is 2.17 bits per heavy atom. The monoisotopic (exact) mass is 404 g/mol. The minimum Gasteiger partial charge on any atom is -0.360 e. The summed E-state index contributed by atoms with van der Waals surface area (Å²) >= 11 is 0. The van der Waals surface area contributed by atoms with Gasteiger partial charge in [-0.1, -0.05) is 25.0 Å². The highest BCUT2D eigenvalue weighted by atomic mass is 16.2. The standard InChI is InChI=1S/C23H24N4O3/c28-21-18-7-3-4-8-20(18)24-15-19(21)22(29)25-16-9-11-17(12-10-16)26-23(30)27-13-5-1-2-6-14-27/h3-4,7-12,15H,1-2,5-6,13-14H2,(H,24,28)(H,25,29)(H,26,30). The maximum absolute atomic E-state index is 12.6. The van der Waals surface area contributed by atoms with Crippen LogP contribution in [0.3, 0.4) is 0 Å². The van der Waals surface area contributed by atoms with Crippen LogP contribution in [0.15, 0.2) is 59.5 Å². The van der Waals surface area contributed by atoms with Crippen molar-refractivity contribution in [1.29, 1.82) is 0 Å². The maximum atomic E-state index is 12.6. The molecule has 2 aromatic carbocycles. The molecule has 0 bridgehead atoms. The molecule has 154 valence electrons. The van der Waals surface area contributed by atoms with E-state index in [0.29, 0.717) is 22.3 Å². The lowest BCUT2D eigenvalue weighted by molar-refractivity contribution is 0.102. The molecular weight excluding hydrogens is 380 g/mol. The van der Waals surface area contributed by atoms with Gasteiger partial charge in [-0.3, -0.25) is 9.59 Å². The Hall–Kier alpha value is -3.61. The number of amides is 3. The van der Waals surface area contributed by atoms with Crippen molar-refractivity contribution in [1.82, 2.24) is 9.88 Å². The molecule has 3 aromatic rings. The lowest BCUT2D eigenvalue weighted by atomic mass is 10.1. The van der Waals surface area contributed by atoms with Gasteiger partial charge in [-0.15, -0.1) is 0 Å². The van der Waals surface area contributed by atoms with Crippen LogP contribution >= 0.6 is 0 Å². The number of nitrogens with one attached hydrogen (secondary N) is 3. The number of carbonyl (C=O) groups is 2. The summed E-state index contributed by atoms with van der Waals surface area (Å²) in [5.74, 6) is -0.483. The number of fused-ring (bicyclic) bond motifs is 1. The lowest BCUT2D eigenvalue weighted by Gasteiger charge is -2.20. The number of pyridine rings is 1. The van der Waals surface area contributed by atoms with Crippen molar-refractivity contribution >= 4 is 34.2 Å². The van der Waals surface area contributed by atoms with E-state index in [1.54, 1.807) is 42.5 Å². The average molecular weight is 404 g/mol. The summed E-state index contributed by atoms with van der Waals surface area (Å²) in [5, 5.41) is 6.10. The number of aromatic nitrogens is 1. The lowest BCUT2D eigenvalue weighted by Crippen LogP contribution is -2.35. The zero-order valence-corrected chi connectivity index (χ0v) is 16.6. The highest BCUT2D eigenvalue weighted by molar-refractivity contribution is 6.05. The summed E-state index contributed by atoms with van der Waals surface area (Å²) in [5.41, 5.74) is 1.62. The van der Waals surface area contributed by atoms with Gasteiger partial charge < -0.3 is 20.5 Å². The Balaban J connectivity index is 1.42. The number of urea groups is 1. The number of benzene rings is 2. The second kappa shape index (κ2) is 8.82. The third-order valence-corrected chi connectivity index (χ3v) is 5.32. The molecule has 0 atom stereocenters. The third kappa shape index (κ3) is 4.35. The SMILES string of the molecule is O=C(Nc1ccc(NC(=O)N2CCCCCC2)cc1)c1c[nH]c2ccccc2c1=O. The predicted octanol–water partition coefficient (Wildman–Crippen LogP) is 4.19. The topological polar surface area (TPSA) is 94.3 Å². The number of aromatic amines is 1. The Morgan fingerprint density at radius 1 is 0.833 bits per heavy atom. The van der Waals surface area contributed by atoms with Crippen molar-refractivity contribution in [2.75, 3.05) is 23.7 Å². The molecule has 1 aromatic heterocycles. The van der Waals surface area contributed by atoms with Crippen molar-refractivity contribution in [2.45, 2.75) is 25.7 Å². The molecule has 1 fully saturated rings. The van der Waals surface area contributed by atoms with Crippen LogP contribution in [0, 0.1) is 0 Å². The van der Waals surface area contributed by atoms with Gasteiger partial charge in [-0.05, 0) is 49.2 Å². The minimum atomic E-state index is -0.483. The number of hydrogen-bond acceptors (Lipinski definition) is 3. The molecule has 2 heterocycles. The number of hydrogen-bond donors (Lipinski definition) is 3. The van der Waals surface area contributed by atoms with Gasteiger partial charge in [0.1, 0.15) is 5.56 Å². The third-order valence-electron chi connectivity index (χ3n) is 5.32. The molecule has 0 saturated carbocycles. The molecule has 7 nitrogen and oxygen atoms in total. The molecule has 0 spiro atoms. The van der Waals surface area contributed by atoms with E-state index in [9.17, 15) is 14.4 Å². The molecule has 0 aliphatic carbocycles. The molecule has 7 heteroatoms. The molecule has 1 saturated heterocycles. The number of likely N-dealkylation sites (tertiary alicyclic amines) is 1. The van der Waals surface area contributed by atoms with Crippen LogP contribution in [-0.4, -0.2) is 34.9 Å². The first-order chi connectivity index (χ1) is 14.6. The van der Waals surface area contributed by atoms with Crippen LogP contribution in [0.4, 0.5) is 16.2 Å². The highest BCUT2D eigenvalue weighted by Gasteiger charge is 2.16. The molecule has 4 rings (SSSR count). The zero-order valence-electron chi connectivity index (χ0n) is 16.6. The fourth-order valence-electron chi connectivity index (χ4n) is 3.65. The second-order valence-corrected chi connectivity index (χ2v) is 7.44. The zero-order chi connectivity index (χ0) is 20.9. The quantitative estimate of drug-likeness (QED) is 0.611. The first-order valence-electron chi connectivity index (χ1n) is 10.2. The number of carbonyl (C=O) groups excluding carboxylic acids is 2. The van der Waals surface area contributed by atoms with E-state index in [0.717, 1.165) is 38.8 Å². The van der Waals surface area contributed by atoms with Crippen molar-refractivity contribution in [2.24, 2.45) is 0 Å².